The number of fused-ring (bicyclic) bond motifs is 1. The predicted molar refractivity (Wildman–Crippen MR) is 87.6 cm³/mol. The van der Waals surface area contributed by atoms with Crippen molar-refractivity contribution < 1.29 is 14.3 Å². The maximum atomic E-state index is 12.4. The fourth-order valence-corrected chi connectivity index (χ4v) is 2.53. The van der Waals surface area contributed by atoms with E-state index < -0.39 is 11.5 Å². The van der Waals surface area contributed by atoms with Crippen molar-refractivity contribution in [3.8, 4) is 16.9 Å². The fraction of sp³-hybridized carbons (Fsp3) is 0.125. The molecule has 0 N–H and O–H groups in total. The number of aromatic nitrogens is 3. The van der Waals surface area contributed by atoms with E-state index in [1.165, 1.54) is 31.1 Å². The van der Waals surface area contributed by atoms with Crippen LogP contribution in [0.1, 0.15) is 10.4 Å². The molecule has 0 aliphatic heterocycles. The number of carbonyl (C=O) groups is 1. The van der Waals surface area contributed by atoms with Crippen LogP contribution in [0.25, 0.3) is 16.6 Å². The van der Waals surface area contributed by atoms with Crippen LogP contribution in [0.15, 0.2) is 41.5 Å². The first kappa shape index (κ1) is 15.9. The molecule has 0 radical (unpaired) electrons. The Morgan fingerprint density at radius 1 is 1.21 bits per heavy atom. The third kappa shape index (κ3) is 2.69. The molecule has 0 fully saturated rings. The molecule has 1 aromatic carbocycles. The highest BCUT2D eigenvalue weighted by molar-refractivity contribution is 6.29. The van der Waals surface area contributed by atoms with Gasteiger partial charge in [0.1, 0.15) is 17.2 Å². The van der Waals surface area contributed by atoms with Crippen molar-refractivity contribution in [1.29, 1.82) is 0 Å². The molecule has 0 bridgehead atoms. The Labute approximate surface area is 141 Å². The van der Waals surface area contributed by atoms with Crippen LogP contribution in [0.4, 0.5) is 0 Å². The summed E-state index contributed by atoms with van der Waals surface area (Å²) < 4.78 is 11.4. The minimum Gasteiger partial charge on any atom is -0.496 e. The maximum Gasteiger partial charge on any atom is 0.337 e. The number of carbonyl (C=O) groups excluding carboxylic acids is 1. The molecular formula is C16H12ClN3O4. The highest BCUT2D eigenvalue weighted by Crippen LogP contribution is 2.31. The lowest BCUT2D eigenvalue weighted by Gasteiger charge is -2.12. The zero-order valence-corrected chi connectivity index (χ0v) is 13.6. The quantitative estimate of drug-likeness (QED) is 0.677. The van der Waals surface area contributed by atoms with Crippen molar-refractivity contribution in [3.05, 3.63) is 57.7 Å². The third-order valence-electron chi connectivity index (χ3n) is 3.47. The minimum absolute atomic E-state index is 0.254. The molecule has 7 nitrogen and oxygen atoms in total. The lowest BCUT2D eigenvalue weighted by molar-refractivity contribution is 0.0601. The highest BCUT2D eigenvalue weighted by atomic mass is 35.5. The molecule has 3 aromatic rings. The number of ether oxygens (including phenoxy) is 2. The predicted octanol–water partition coefficient (Wildman–Crippen LogP) is 2.21. The Morgan fingerprint density at radius 3 is 2.71 bits per heavy atom. The van der Waals surface area contributed by atoms with E-state index >= 15 is 0 Å². The fourth-order valence-electron chi connectivity index (χ4n) is 2.38. The zero-order chi connectivity index (χ0) is 17.3. The van der Waals surface area contributed by atoms with Gasteiger partial charge in [0.2, 0.25) is 0 Å². The van der Waals surface area contributed by atoms with Crippen molar-refractivity contribution in [3.63, 3.8) is 0 Å². The second-order valence-electron chi connectivity index (χ2n) is 4.82. The average Bonchev–Trinajstić information content (AvgIpc) is 2.60. The molecular weight excluding hydrogens is 334 g/mol. The van der Waals surface area contributed by atoms with Crippen molar-refractivity contribution >= 4 is 23.1 Å². The molecule has 0 amide bonds. The van der Waals surface area contributed by atoms with Crippen LogP contribution in [0, 0.1) is 0 Å². The van der Waals surface area contributed by atoms with E-state index in [4.69, 9.17) is 21.1 Å². The summed E-state index contributed by atoms with van der Waals surface area (Å²) in [5.74, 6) is -0.0991. The summed E-state index contributed by atoms with van der Waals surface area (Å²) in [6, 6.07) is 7.89. The lowest BCUT2D eigenvalue weighted by atomic mass is 10.0. The van der Waals surface area contributed by atoms with Gasteiger partial charge in [-0.15, -0.1) is 0 Å². The first-order valence-corrected chi connectivity index (χ1v) is 7.24. The number of hydrogen-bond donors (Lipinski definition) is 0. The van der Waals surface area contributed by atoms with Crippen molar-refractivity contribution in [2.24, 2.45) is 0 Å². The minimum atomic E-state index is -0.520. The van der Waals surface area contributed by atoms with Gasteiger partial charge in [0.25, 0.3) is 5.56 Å². The zero-order valence-electron chi connectivity index (χ0n) is 12.8. The second-order valence-corrected chi connectivity index (χ2v) is 5.20. The van der Waals surface area contributed by atoms with Crippen LogP contribution in [0.3, 0.4) is 0 Å². The van der Waals surface area contributed by atoms with Crippen LogP contribution in [-0.2, 0) is 4.74 Å². The lowest BCUT2D eigenvalue weighted by Crippen LogP contribution is -2.14. The first-order valence-electron chi connectivity index (χ1n) is 6.86. The van der Waals surface area contributed by atoms with Crippen molar-refractivity contribution in [2.75, 3.05) is 14.2 Å². The summed E-state index contributed by atoms with van der Waals surface area (Å²) in [4.78, 5) is 28.0. The number of hydrogen-bond acceptors (Lipinski definition) is 6. The molecule has 2 aromatic heterocycles. The van der Waals surface area contributed by atoms with E-state index in [9.17, 15) is 9.59 Å². The summed E-state index contributed by atoms with van der Waals surface area (Å²) in [7, 11) is 2.76. The monoisotopic (exact) mass is 345 g/mol. The van der Waals surface area contributed by atoms with Gasteiger partial charge in [-0.1, -0.05) is 11.6 Å². The Balaban J connectivity index is 2.36. The Morgan fingerprint density at radius 2 is 2.00 bits per heavy atom. The van der Waals surface area contributed by atoms with Crippen LogP contribution in [0.2, 0.25) is 5.15 Å². The number of benzene rings is 1. The SMILES string of the molecule is COC(=O)c1ccc(OC)c(-c2c(=O)ncn3nc(Cl)ccc23)c1. The maximum absolute atomic E-state index is 12.4. The molecule has 0 saturated heterocycles. The van der Waals surface area contributed by atoms with Gasteiger partial charge >= 0.3 is 5.97 Å². The van der Waals surface area contributed by atoms with Crippen molar-refractivity contribution in [1.82, 2.24) is 14.6 Å². The third-order valence-corrected chi connectivity index (χ3v) is 3.67. The van der Waals surface area contributed by atoms with Gasteiger partial charge in [-0.25, -0.2) is 9.31 Å². The Kier molecular flexibility index (Phi) is 4.18. The van der Waals surface area contributed by atoms with Crippen LogP contribution in [-0.4, -0.2) is 34.8 Å². The second kappa shape index (κ2) is 6.29. The molecule has 0 unspecified atom stereocenters. The molecule has 3 rings (SSSR count). The van der Waals surface area contributed by atoms with E-state index in [0.717, 1.165) is 0 Å². The number of esters is 1. The first-order chi connectivity index (χ1) is 11.5. The molecule has 0 spiro atoms. The van der Waals surface area contributed by atoms with Gasteiger partial charge in [-0.2, -0.15) is 10.1 Å². The molecule has 24 heavy (non-hydrogen) atoms. The average molecular weight is 346 g/mol. The summed E-state index contributed by atoms with van der Waals surface area (Å²) in [6.45, 7) is 0. The van der Waals surface area contributed by atoms with Gasteiger partial charge < -0.3 is 9.47 Å². The highest BCUT2D eigenvalue weighted by Gasteiger charge is 2.18. The summed E-state index contributed by atoms with van der Waals surface area (Å²) in [5, 5.41) is 4.34. The van der Waals surface area contributed by atoms with Crippen molar-refractivity contribution in [2.45, 2.75) is 0 Å². The smallest absolute Gasteiger partial charge is 0.337 e. The largest absolute Gasteiger partial charge is 0.496 e. The van der Waals surface area contributed by atoms with Gasteiger partial charge in [0.15, 0.2) is 0 Å². The van der Waals surface area contributed by atoms with E-state index in [0.29, 0.717) is 16.8 Å². The Bertz CT molecular complexity index is 1000. The van der Waals surface area contributed by atoms with E-state index in [-0.39, 0.29) is 16.3 Å². The molecule has 0 aliphatic carbocycles. The van der Waals surface area contributed by atoms with Gasteiger partial charge in [0, 0.05) is 5.56 Å². The number of methoxy groups -OCH3 is 2. The van der Waals surface area contributed by atoms with Gasteiger partial charge in [-0.05, 0) is 30.3 Å². The summed E-state index contributed by atoms with van der Waals surface area (Å²) in [5.41, 5.74) is 0.972. The van der Waals surface area contributed by atoms with Crippen LogP contribution in [0.5, 0.6) is 5.75 Å². The van der Waals surface area contributed by atoms with Gasteiger partial charge in [0.05, 0.1) is 30.9 Å². The molecule has 0 saturated carbocycles. The summed E-state index contributed by atoms with van der Waals surface area (Å²) >= 11 is 5.88. The number of halogens is 1. The summed E-state index contributed by atoms with van der Waals surface area (Å²) in [6.07, 6.45) is 1.28. The molecule has 2 heterocycles. The molecule has 0 atom stereocenters. The van der Waals surface area contributed by atoms with E-state index in [1.807, 2.05) is 0 Å². The van der Waals surface area contributed by atoms with E-state index in [2.05, 4.69) is 10.1 Å². The standard InChI is InChI=1S/C16H12ClN3O4/c1-23-12-5-3-9(16(22)24-2)7-10(12)14-11-4-6-13(17)19-20(11)8-18-15(14)21/h3-8H,1-2H3. The molecule has 122 valence electrons. The topological polar surface area (TPSA) is 82.8 Å². The van der Waals surface area contributed by atoms with Crippen LogP contribution < -0.4 is 10.3 Å². The number of nitrogens with zero attached hydrogens (tertiary/aromatic N) is 3. The van der Waals surface area contributed by atoms with Gasteiger partial charge in [-0.3, -0.25) is 4.79 Å². The normalized spacial score (nSPS) is 10.6. The molecule has 0 aliphatic rings. The molecule has 8 heteroatoms. The number of rotatable bonds is 3. The van der Waals surface area contributed by atoms with Crippen LogP contribution >= 0.6 is 11.6 Å². The van der Waals surface area contributed by atoms with E-state index in [1.54, 1.807) is 24.3 Å². The Hall–Kier alpha value is -2.93.